The lowest BCUT2D eigenvalue weighted by Gasteiger charge is -2.18. The smallest absolute Gasteiger partial charge is 0.416 e. The summed E-state index contributed by atoms with van der Waals surface area (Å²) in [5, 5.41) is 3.05. The number of nitrogens with one attached hydrogen (secondary N) is 1. The van der Waals surface area contributed by atoms with E-state index in [1.807, 2.05) is 37.3 Å². The summed E-state index contributed by atoms with van der Waals surface area (Å²) in [6.07, 6.45) is -3.66. The molecule has 7 nitrogen and oxygen atoms in total. The van der Waals surface area contributed by atoms with Crippen molar-refractivity contribution < 1.29 is 32.3 Å². The van der Waals surface area contributed by atoms with E-state index in [1.165, 1.54) is 28.8 Å². The molecule has 0 unspecified atom stereocenters. The molecule has 0 spiro atoms. The molecule has 41 heavy (non-hydrogen) atoms. The van der Waals surface area contributed by atoms with Gasteiger partial charge >= 0.3 is 12.2 Å². The van der Waals surface area contributed by atoms with E-state index < -0.39 is 17.8 Å². The second-order valence-electron chi connectivity index (χ2n) is 9.45. The van der Waals surface area contributed by atoms with Crippen LogP contribution in [0.25, 0.3) is 0 Å². The highest BCUT2D eigenvalue weighted by Crippen LogP contribution is 2.32. The fourth-order valence-electron chi connectivity index (χ4n) is 4.28. The predicted octanol–water partition coefficient (Wildman–Crippen LogP) is 5.76. The average molecular weight is 584 g/mol. The van der Waals surface area contributed by atoms with Gasteiger partial charge in [-0.25, -0.2) is 4.79 Å². The molecule has 4 rings (SSSR count). The third kappa shape index (κ3) is 7.97. The Kier molecular flexibility index (Phi) is 9.49. The number of carbonyl (C=O) groups excluding carboxylic acids is 3. The number of hydrogen-bond donors (Lipinski definition) is 1. The molecule has 0 bridgehead atoms. The van der Waals surface area contributed by atoms with Gasteiger partial charge in [-0.3, -0.25) is 14.5 Å². The number of ether oxygens (including phenoxy) is 1. The van der Waals surface area contributed by atoms with E-state index in [0.29, 0.717) is 35.1 Å². The fourth-order valence-corrected chi connectivity index (χ4v) is 5.14. The number of Topliss-reactive ketones (excluding diaryl/α,β-unsaturated/α-hetero) is 1. The van der Waals surface area contributed by atoms with Gasteiger partial charge in [0.15, 0.2) is 5.17 Å². The lowest BCUT2D eigenvalue weighted by Crippen LogP contribution is -2.32. The first-order valence-corrected chi connectivity index (χ1v) is 13.7. The van der Waals surface area contributed by atoms with Gasteiger partial charge < -0.3 is 10.1 Å². The van der Waals surface area contributed by atoms with Crippen molar-refractivity contribution in [3.05, 3.63) is 94.5 Å². The zero-order chi connectivity index (χ0) is 29.6. The van der Waals surface area contributed by atoms with E-state index in [-0.39, 0.29) is 30.3 Å². The van der Waals surface area contributed by atoms with Crippen molar-refractivity contribution in [3.63, 3.8) is 0 Å². The molecule has 11 heteroatoms. The lowest BCUT2D eigenvalue weighted by atomic mass is 10.0. The standard InChI is InChI=1S/C30H28F3N3O4S/c1-19-15-25(40-2)11-12-26(19)36-27(38)18-41-29(36)35-28(39)34-14-13-20-3-5-21(6-4-20)16-24(37)17-22-7-9-23(10-8-22)30(31,32)33/h3-12,15H,13-14,16-18H2,1-2H3,(H,34,39). The van der Waals surface area contributed by atoms with Crippen molar-refractivity contribution in [3.8, 4) is 5.75 Å². The third-order valence-corrected chi connectivity index (χ3v) is 7.33. The first-order chi connectivity index (χ1) is 19.5. The Labute approximate surface area is 239 Å². The van der Waals surface area contributed by atoms with Crippen LogP contribution in [0.5, 0.6) is 5.75 Å². The number of nitrogens with zero attached hydrogens (tertiary/aromatic N) is 2. The van der Waals surface area contributed by atoms with Crippen molar-refractivity contribution in [1.29, 1.82) is 0 Å². The molecule has 0 saturated carbocycles. The maximum Gasteiger partial charge on any atom is 0.416 e. The van der Waals surface area contributed by atoms with Crippen LogP contribution in [-0.4, -0.2) is 42.3 Å². The van der Waals surface area contributed by atoms with E-state index in [2.05, 4.69) is 10.3 Å². The molecule has 0 radical (unpaired) electrons. The van der Waals surface area contributed by atoms with Gasteiger partial charge in [-0.2, -0.15) is 18.2 Å². The van der Waals surface area contributed by atoms with Crippen LogP contribution in [0.1, 0.15) is 27.8 Å². The molecular formula is C30H28F3N3O4S. The highest BCUT2D eigenvalue weighted by molar-refractivity contribution is 8.15. The number of aliphatic imine (C=N–C) groups is 1. The van der Waals surface area contributed by atoms with Crippen LogP contribution in [0.4, 0.5) is 23.7 Å². The minimum Gasteiger partial charge on any atom is -0.497 e. The van der Waals surface area contributed by atoms with Crippen LogP contribution < -0.4 is 15.0 Å². The van der Waals surface area contributed by atoms with Gasteiger partial charge in [-0.05, 0) is 65.9 Å². The van der Waals surface area contributed by atoms with Crippen LogP contribution in [0.15, 0.2) is 71.7 Å². The van der Waals surface area contributed by atoms with E-state index in [9.17, 15) is 27.6 Å². The highest BCUT2D eigenvalue weighted by Gasteiger charge is 2.32. The number of ketones is 1. The van der Waals surface area contributed by atoms with Crippen molar-refractivity contribution >= 4 is 40.3 Å². The first-order valence-electron chi connectivity index (χ1n) is 12.8. The van der Waals surface area contributed by atoms with E-state index in [0.717, 1.165) is 28.8 Å². The monoisotopic (exact) mass is 583 g/mol. The normalized spacial score (nSPS) is 14.4. The second kappa shape index (κ2) is 13.0. The Balaban J connectivity index is 1.26. The molecule has 1 heterocycles. The number of hydrogen-bond acceptors (Lipinski definition) is 5. The Morgan fingerprint density at radius 3 is 2.17 bits per heavy atom. The third-order valence-electron chi connectivity index (χ3n) is 6.40. The number of carbonyl (C=O) groups is 3. The maximum atomic E-state index is 12.7. The van der Waals surface area contributed by atoms with Gasteiger partial charge in [0.05, 0.1) is 24.1 Å². The maximum absolute atomic E-state index is 12.7. The average Bonchev–Trinajstić information content (AvgIpc) is 3.28. The summed E-state index contributed by atoms with van der Waals surface area (Å²) in [7, 11) is 1.56. The number of methoxy groups -OCH3 is 1. The highest BCUT2D eigenvalue weighted by atomic mass is 32.2. The Morgan fingerprint density at radius 2 is 1.59 bits per heavy atom. The van der Waals surface area contributed by atoms with E-state index in [1.54, 1.807) is 19.2 Å². The van der Waals surface area contributed by atoms with Gasteiger partial charge in [0, 0.05) is 19.4 Å². The number of alkyl halides is 3. The SMILES string of the molecule is COc1ccc(N2C(=O)CSC2=NC(=O)NCCc2ccc(CC(=O)Cc3ccc(C(F)(F)F)cc3)cc2)c(C)c1. The topological polar surface area (TPSA) is 88.1 Å². The van der Waals surface area contributed by atoms with Crippen molar-refractivity contribution in [1.82, 2.24) is 5.32 Å². The molecule has 0 atom stereocenters. The van der Waals surface area contributed by atoms with Gasteiger partial charge in [0.1, 0.15) is 11.5 Å². The van der Waals surface area contributed by atoms with Crippen LogP contribution >= 0.6 is 11.8 Å². The zero-order valence-electron chi connectivity index (χ0n) is 22.5. The van der Waals surface area contributed by atoms with Gasteiger partial charge in [0.2, 0.25) is 5.91 Å². The van der Waals surface area contributed by atoms with E-state index >= 15 is 0 Å². The molecule has 0 aromatic heterocycles. The van der Waals surface area contributed by atoms with Crippen LogP contribution in [0, 0.1) is 6.92 Å². The number of amides is 3. The van der Waals surface area contributed by atoms with Crippen molar-refractivity contribution in [2.24, 2.45) is 4.99 Å². The Bertz CT molecular complexity index is 1460. The summed E-state index contributed by atoms with van der Waals surface area (Å²) in [5.74, 6) is 0.592. The summed E-state index contributed by atoms with van der Waals surface area (Å²) in [6.45, 7) is 2.17. The number of halogens is 3. The van der Waals surface area contributed by atoms with Crippen molar-refractivity contribution in [2.75, 3.05) is 24.3 Å². The Hall–Kier alpha value is -4.12. The van der Waals surface area contributed by atoms with Crippen LogP contribution in [0.3, 0.4) is 0 Å². The quantitative estimate of drug-likeness (QED) is 0.346. The molecular weight excluding hydrogens is 555 g/mol. The van der Waals surface area contributed by atoms with Gasteiger partial charge in [-0.1, -0.05) is 48.2 Å². The fraction of sp³-hybridized carbons (Fsp3) is 0.267. The summed E-state index contributed by atoms with van der Waals surface area (Å²) >= 11 is 1.20. The van der Waals surface area contributed by atoms with Gasteiger partial charge in [0.25, 0.3) is 0 Å². The predicted molar refractivity (Wildman–Crippen MR) is 153 cm³/mol. The minimum absolute atomic E-state index is 0.0494. The summed E-state index contributed by atoms with van der Waals surface area (Å²) < 4.78 is 43.3. The zero-order valence-corrected chi connectivity index (χ0v) is 23.3. The van der Waals surface area contributed by atoms with Crippen molar-refractivity contribution in [2.45, 2.75) is 32.4 Å². The number of amidine groups is 1. The van der Waals surface area contributed by atoms with Gasteiger partial charge in [-0.15, -0.1) is 0 Å². The van der Waals surface area contributed by atoms with Crippen LogP contribution in [0.2, 0.25) is 0 Å². The number of thioether (sulfide) groups is 1. The first kappa shape index (κ1) is 29.9. The molecule has 3 aromatic rings. The molecule has 1 saturated heterocycles. The molecule has 1 N–H and O–H groups in total. The molecule has 1 fully saturated rings. The van der Waals surface area contributed by atoms with Crippen LogP contribution in [-0.2, 0) is 35.0 Å². The summed E-state index contributed by atoms with van der Waals surface area (Å²) in [5.41, 5.74) is 2.98. The number of rotatable bonds is 9. The second-order valence-corrected chi connectivity index (χ2v) is 10.4. The largest absolute Gasteiger partial charge is 0.497 e. The number of aryl methyl sites for hydroxylation is 1. The summed E-state index contributed by atoms with van der Waals surface area (Å²) in [4.78, 5) is 42.9. The molecule has 3 aromatic carbocycles. The molecule has 0 aliphatic carbocycles. The summed E-state index contributed by atoms with van der Waals surface area (Å²) in [6, 6.07) is 16.7. The lowest BCUT2D eigenvalue weighted by molar-refractivity contribution is -0.137. The molecule has 1 aliphatic rings. The number of anilines is 1. The Morgan fingerprint density at radius 1 is 0.976 bits per heavy atom. The molecule has 214 valence electrons. The molecule has 1 aliphatic heterocycles. The number of benzene rings is 3. The minimum atomic E-state index is -4.41. The number of urea groups is 1. The van der Waals surface area contributed by atoms with E-state index in [4.69, 9.17) is 4.74 Å². The molecule has 3 amide bonds.